The van der Waals surface area contributed by atoms with Crippen LogP contribution in [-0.2, 0) is 0 Å². The molecule has 0 spiro atoms. The Labute approximate surface area is 129 Å². The molecule has 0 saturated heterocycles. The Bertz CT molecular complexity index is 734. The topological polar surface area (TPSA) is 76.2 Å². The first-order valence-corrected chi connectivity index (χ1v) is 6.61. The first-order valence-electron chi connectivity index (χ1n) is 6.61. The van der Waals surface area contributed by atoms with E-state index in [0.717, 1.165) is 13.0 Å². The third kappa shape index (κ3) is 3.20. The maximum Gasteiger partial charge on any atom is 0.415 e. The van der Waals surface area contributed by atoms with Gasteiger partial charge in [-0.2, -0.15) is 13.2 Å². The molecule has 1 aromatic heterocycles. The van der Waals surface area contributed by atoms with Crippen molar-refractivity contribution in [3.63, 3.8) is 0 Å². The van der Waals surface area contributed by atoms with Crippen LogP contribution in [0.2, 0.25) is 0 Å². The van der Waals surface area contributed by atoms with Gasteiger partial charge in [0.2, 0.25) is 0 Å². The van der Waals surface area contributed by atoms with Crippen LogP contribution in [0.5, 0.6) is 0 Å². The lowest BCUT2D eigenvalue weighted by molar-refractivity contribution is -0.108. The van der Waals surface area contributed by atoms with Gasteiger partial charge in [-0.25, -0.2) is 14.2 Å². The molecule has 0 radical (unpaired) electrons. The highest BCUT2D eigenvalue weighted by Gasteiger charge is 2.47. The zero-order valence-corrected chi connectivity index (χ0v) is 12.3. The van der Waals surface area contributed by atoms with Crippen LogP contribution in [0.15, 0.2) is 23.8 Å². The molecule has 1 aliphatic carbocycles. The highest BCUT2D eigenvalue weighted by molar-refractivity contribution is 5.89. The largest absolute Gasteiger partial charge is 0.477 e. The van der Waals surface area contributed by atoms with Gasteiger partial charge in [-0.05, 0) is 25.5 Å². The van der Waals surface area contributed by atoms with E-state index in [1.165, 1.54) is 13.0 Å². The number of carboxylic acid groups (broad SMARTS) is 1. The van der Waals surface area contributed by atoms with E-state index in [4.69, 9.17) is 10.8 Å². The Morgan fingerprint density at radius 1 is 1.39 bits per heavy atom. The van der Waals surface area contributed by atoms with Crippen molar-refractivity contribution in [3.05, 3.63) is 40.7 Å². The Hall–Kier alpha value is -2.38. The molecule has 2 rings (SSSR count). The lowest BCUT2D eigenvalue weighted by Gasteiger charge is -2.29. The number of hydrogen-bond donors (Lipinski definition) is 2. The molecule has 23 heavy (non-hydrogen) atoms. The van der Waals surface area contributed by atoms with Crippen molar-refractivity contribution in [2.75, 3.05) is 5.73 Å². The monoisotopic (exact) mass is 330 g/mol. The second kappa shape index (κ2) is 5.36. The summed E-state index contributed by atoms with van der Waals surface area (Å²) in [6.45, 7) is 2.29. The average molecular weight is 330 g/mol. The van der Waals surface area contributed by atoms with Crippen molar-refractivity contribution < 1.29 is 27.5 Å². The molecule has 1 unspecified atom stereocenters. The summed E-state index contributed by atoms with van der Waals surface area (Å²) in [5.41, 5.74) is 2.05. The fourth-order valence-electron chi connectivity index (χ4n) is 2.44. The first kappa shape index (κ1) is 17.0. The van der Waals surface area contributed by atoms with E-state index in [1.54, 1.807) is 0 Å². The van der Waals surface area contributed by atoms with Gasteiger partial charge in [0.1, 0.15) is 5.67 Å². The maximum atomic E-state index is 14.4. The Morgan fingerprint density at radius 2 is 2.00 bits per heavy atom. The number of rotatable bonds is 2. The van der Waals surface area contributed by atoms with Gasteiger partial charge < -0.3 is 10.8 Å². The van der Waals surface area contributed by atoms with Crippen LogP contribution in [0, 0.1) is 6.92 Å². The quantitative estimate of drug-likeness (QED) is 0.811. The number of pyridine rings is 1. The molecule has 3 N–H and O–H groups in total. The molecule has 0 amide bonds. The molecule has 0 fully saturated rings. The number of nitrogens with zero attached hydrogens (tertiary/aromatic N) is 1. The first-order chi connectivity index (χ1) is 10.4. The number of halogens is 4. The van der Waals surface area contributed by atoms with Gasteiger partial charge in [0, 0.05) is 17.7 Å². The number of carbonyl (C=O) groups is 1. The van der Waals surface area contributed by atoms with Crippen molar-refractivity contribution in [1.29, 1.82) is 0 Å². The third-order valence-electron chi connectivity index (χ3n) is 3.68. The van der Waals surface area contributed by atoms with Crippen molar-refractivity contribution in [2.24, 2.45) is 0 Å². The van der Waals surface area contributed by atoms with Gasteiger partial charge in [-0.1, -0.05) is 12.2 Å². The van der Waals surface area contributed by atoms with Crippen molar-refractivity contribution in [3.8, 4) is 0 Å². The number of aromatic carboxylic acids is 1. The summed E-state index contributed by atoms with van der Waals surface area (Å²) in [5.74, 6) is -1.32. The second-order valence-electron chi connectivity index (χ2n) is 5.52. The van der Waals surface area contributed by atoms with Gasteiger partial charge in [-0.15, -0.1) is 0 Å². The zero-order chi connectivity index (χ0) is 17.6. The molecule has 1 aromatic rings. The number of alkyl halides is 4. The molecule has 124 valence electrons. The molecular weight excluding hydrogens is 316 g/mol. The van der Waals surface area contributed by atoms with Crippen LogP contribution < -0.4 is 5.73 Å². The SMILES string of the molecule is Cc1c(N)cc(C2=CC=C(C(F)(F)F)C(C)(F)C2)nc1C(=O)O. The molecule has 0 bridgehead atoms. The van der Waals surface area contributed by atoms with Crippen LogP contribution in [0.1, 0.15) is 35.1 Å². The molecule has 8 heteroatoms. The van der Waals surface area contributed by atoms with Gasteiger partial charge >= 0.3 is 12.1 Å². The van der Waals surface area contributed by atoms with Crippen LogP contribution in [0.25, 0.3) is 5.57 Å². The predicted octanol–water partition coefficient (Wildman–Crippen LogP) is 3.67. The van der Waals surface area contributed by atoms with E-state index in [0.29, 0.717) is 6.08 Å². The predicted molar refractivity (Wildman–Crippen MR) is 76.6 cm³/mol. The molecule has 0 aliphatic heterocycles. The number of nitrogens with two attached hydrogens (primary N) is 1. The van der Waals surface area contributed by atoms with Gasteiger partial charge in [-0.3, -0.25) is 0 Å². The summed E-state index contributed by atoms with van der Waals surface area (Å²) in [6, 6.07) is 1.33. The minimum Gasteiger partial charge on any atom is -0.477 e. The van der Waals surface area contributed by atoms with Crippen LogP contribution in [0.4, 0.5) is 23.2 Å². The van der Waals surface area contributed by atoms with E-state index >= 15 is 0 Å². The Morgan fingerprint density at radius 3 is 2.48 bits per heavy atom. The van der Waals surface area contributed by atoms with Gasteiger partial charge in [0.15, 0.2) is 5.69 Å². The van der Waals surface area contributed by atoms with Crippen LogP contribution in [0.3, 0.4) is 0 Å². The van der Waals surface area contributed by atoms with Gasteiger partial charge in [0.05, 0.1) is 11.3 Å². The molecule has 1 heterocycles. The normalized spacial score (nSPS) is 21.7. The minimum absolute atomic E-state index is 0.0480. The van der Waals surface area contributed by atoms with E-state index in [-0.39, 0.29) is 28.2 Å². The fourth-order valence-corrected chi connectivity index (χ4v) is 2.44. The summed E-state index contributed by atoms with van der Waals surface area (Å²) < 4.78 is 52.8. The number of nitrogen functional groups attached to an aromatic ring is 1. The van der Waals surface area contributed by atoms with E-state index in [9.17, 15) is 22.4 Å². The number of allylic oxidation sites excluding steroid dienone is 4. The summed E-state index contributed by atoms with van der Waals surface area (Å²) in [5, 5.41) is 9.09. The summed E-state index contributed by atoms with van der Waals surface area (Å²) in [7, 11) is 0. The summed E-state index contributed by atoms with van der Waals surface area (Å²) in [4.78, 5) is 15.0. The molecule has 0 saturated carbocycles. The second-order valence-corrected chi connectivity index (χ2v) is 5.52. The molecule has 0 aromatic carbocycles. The molecule has 1 atom stereocenters. The number of carboxylic acids is 1. The van der Waals surface area contributed by atoms with Crippen molar-refractivity contribution in [2.45, 2.75) is 32.1 Å². The highest BCUT2D eigenvalue weighted by Crippen LogP contribution is 2.44. The fraction of sp³-hybridized carbons (Fsp3) is 0.333. The van der Waals surface area contributed by atoms with E-state index in [1.807, 2.05) is 0 Å². The van der Waals surface area contributed by atoms with Crippen molar-refractivity contribution >= 4 is 17.2 Å². The third-order valence-corrected chi connectivity index (χ3v) is 3.68. The highest BCUT2D eigenvalue weighted by atomic mass is 19.4. The minimum atomic E-state index is -4.78. The lowest BCUT2D eigenvalue weighted by atomic mass is 9.84. The molecule has 1 aliphatic rings. The smallest absolute Gasteiger partial charge is 0.415 e. The Kier molecular flexibility index (Phi) is 3.96. The number of anilines is 1. The van der Waals surface area contributed by atoms with E-state index < -0.39 is 29.8 Å². The molecule has 4 nitrogen and oxygen atoms in total. The summed E-state index contributed by atoms with van der Waals surface area (Å²) >= 11 is 0. The maximum absolute atomic E-state index is 14.4. The Balaban J connectivity index is 2.55. The average Bonchev–Trinajstić information content (AvgIpc) is 2.38. The molecular formula is C15H14F4N2O2. The summed E-state index contributed by atoms with van der Waals surface area (Å²) in [6.07, 6.45) is -3.62. The number of hydrogen-bond acceptors (Lipinski definition) is 3. The van der Waals surface area contributed by atoms with E-state index in [2.05, 4.69) is 4.98 Å². The van der Waals surface area contributed by atoms with Crippen molar-refractivity contribution in [1.82, 2.24) is 4.98 Å². The van der Waals surface area contributed by atoms with Crippen LogP contribution >= 0.6 is 0 Å². The van der Waals surface area contributed by atoms with Gasteiger partial charge in [0.25, 0.3) is 0 Å². The standard InChI is InChI=1S/C15H14F4N2O2/c1-7-9(20)5-10(21-12(7)13(22)23)8-3-4-11(15(17,18)19)14(2,16)6-8/h3-5H,6H2,1-2H3,(H2,20,21)(H,22,23). The zero-order valence-electron chi connectivity index (χ0n) is 12.3. The number of aromatic nitrogens is 1. The van der Waals surface area contributed by atoms with Crippen LogP contribution in [-0.4, -0.2) is 27.9 Å². The lowest BCUT2D eigenvalue weighted by Crippen LogP contribution is -2.33.